The lowest BCUT2D eigenvalue weighted by Gasteiger charge is -2.19. The summed E-state index contributed by atoms with van der Waals surface area (Å²) in [5.41, 5.74) is 0. The van der Waals surface area contributed by atoms with Crippen LogP contribution in [0.25, 0.3) is 0 Å². The van der Waals surface area contributed by atoms with E-state index in [4.69, 9.17) is 9.47 Å². The molecule has 1 aliphatic heterocycles. The Hall–Kier alpha value is -1.27. The van der Waals surface area contributed by atoms with Gasteiger partial charge in [0.15, 0.2) is 11.5 Å². The fourth-order valence-corrected chi connectivity index (χ4v) is 4.39. The molecule has 0 saturated heterocycles. The van der Waals surface area contributed by atoms with E-state index in [0.29, 0.717) is 37.2 Å². The predicted octanol–water partition coefficient (Wildman–Crippen LogP) is 3.10. The van der Waals surface area contributed by atoms with Crippen molar-refractivity contribution >= 4 is 10.0 Å². The lowest BCUT2D eigenvalue weighted by atomic mass is 9.97. The van der Waals surface area contributed by atoms with Crippen LogP contribution in [0, 0.1) is 5.92 Å². The first-order valence-corrected chi connectivity index (χ1v) is 10.0. The molecule has 0 amide bonds. The van der Waals surface area contributed by atoms with Crippen LogP contribution in [0.4, 0.5) is 0 Å². The summed E-state index contributed by atoms with van der Waals surface area (Å²) < 4.78 is 38.4. The topological polar surface area (TPSA) is 64.6 Å². The monoisotopic (exact) mass is 339 g/mol. The number of rotatable bonds is 5. The third-order valence-corrected chi connectivity index (χ3v) is 6.10. The minimum atomic E-state index is -3.49. The van der Waals surface area contributed by atoms with Crippen molar-refractivity contribution in [3.63, 3.8) is 0 Å². The second kappa shape index (κ2) is 7.53. The van der Waals surface area contributed by atoms with Crippen LogP contribution < -0.4 is 14.2 Å². The number of ether oxygens (including phenoxy) is 2. The minimum absolute atomic E-state index is 0.239. The number of benzene rings is 1. The minimum Gasteiger partial charge on any atom is -0.486 e. The summed E-state index contributed by atoms with van der Waals surface area (Å²) in [5, 5.41) is 0. The van der Waals surface area contributed by atoms with Crippen LogP contribution in [0.2, 0.25) is 0 Å². The zero-order chi connectivity index (χ0) is 16.1. The predicted molar refractivity (Wildman–Crippen MR) is 88.4 cm³/mol. The number of nitrogens with one attached hydrogen (secondary N) is 1. The van der Waals surface area contributed by atoms with Crippen molar-refractivity contribution in [3.8, 4) is 11.5 Å². The maximum Gasteiger partial charge on any atom is 0.240 e. The molecule has 0 radical (unpaired) electrons. The quantitative estimate of drug-likeness (QED) is 0.837. The van der Waals surface area contributed by atoms with E-state index in [1.165, 1.54) is 38.5 Å². The van der Waals surface area contributed by atoms with Crippen molar-refractivity contribution < 1.29 is 17.9 Å². The molecule has 6 heteroatoms. The van der Waals surface area contributed by atoms with E-state index in [1.807, 2.05) is 0 Å². The third kappa shape index (κ3) is 4.38. The van der Waals surface area contributed by atoms with E-state index < -0.39 is 10.0 Å². The first-order chi connectivity index (χ1) is 11.1. The van der Waals surface area contributed by atoms with Gasteiger partial charge in [-0.2, -0.15) is 0 Å². The zero-order valence-corrected chi connectivity index (χ0v) is 14.2. The first-order valence-electron chi connectivity index (χ1n) is 8.54. The normalized spacial score (nSPS) is 19.3. The molecule has 23 heavy (non-hydrogen) atoms. The van der Waals surface area contributed by atoms with E-state index in [0.717, 1.165) is 6.42 Å². The Morgan fingerprint density at radius 2 is 1.70 bits per heavy atom. The third-order valence-electron chi connectivity index (χ3n) is 4.64. The van der Waals surface area contributed by atoms with Crippen LogP contribution in [0.3, 0.4) is 0 Å². The van der Waals surface area contributed by atoms with Crippen LogP contribution in [0.15, 0.2) is 23.1 Å². The summed E-state index contributed by atoms with van der Waals surface area (Å²) in [4.78, 5) is 0.239. The maximum atomic E-state index is 12.4. The van der Waals surface area contributed by atoms with Gasteiger partial charge in [-0.1, -0.05) is 38.5 Å². The van der Waals surface area contributed by atoms with Crippen molar-refractivity contribution in [2.75, 3.05) is 19.8 Å². The number of sulfonamides is 1. The van der Waals surface area contributed by atoms with Gasteiger partial charge in [0.05, 0.1) is 4.90 Å². The first kappa shape index (κ1) is 16.6. The second-order valence-electron chi connectivity index (χ2n) is 6.35. The highest BCUT2D eigenvalue weighted by Crippen LogP contribution is 2.32. The SMILES string of the molecule is O=S(=O)(NCCC1CCCCCC1)c1ccc2c(c1)OCCO2. The molecular formula is C17H25NO4S. The van der Waals surface area contributed by atoms with Gasteiger partial charge < -0.3 is 9.47 Å². The van der Waals surface area contributed by atoms with Gasteiger partial charge in [-0.3, -0.25) is 0 Å². The van der Waals surface area contributed by atoms with Crippen LogP contribution in [0.1, 0.15) is 44.9 Å². The zero-order valence-electron chi connectivity index (χ0n) is 13.4. The maximum absolute atomic E-state index is 12.4. The van der Waals surface area contributed by atoms with E-state index in [9.17, 15) is 8.42 Å². The van der Waals surface area contributed by atoms with Gasteiger partial charge >= 0.3 is 0 Å². The Labute approximate surface area is 138 Å². The van der Waals surface area contributed by atoms with Crippen molar-refractivity contribution in [1.82, 2.24) is 4.72 Å². The van der Waals surface area contributed by atoms with E-state index in [2.05, 4.69) is 4.72 Å². The van der Waals surface area contributed by atoms with Gasteiger partial charge in [0.2, 0.25) is 10.0 Å². The van der Waals surface area contributed by atoms with Crippen LogP contribution in [-0.4, -0.2) is 28.2 Å². The molecule has 1 N–H and O–H groups in total. The molecule has 1 aromatic carbocycles. The van der Waals surface area contributed by atoms with Gasteiger partial charge in [0.25, 0.3) is 0 Å². The molecule has 128 valence electrons. The Kier molecular flexibility index (Phi) is 5.43. The molecule has 2 aliphatic rings. The average molecular weight is 339 g/mol. The Morgan fingerprint density at radius 1 is 1.00 bits per heavy atom. The molecule has 0 aromatic heterocycles. The number of fused-ring (bicyclic) bond motifs is 1. The highest BCUT2D eigenvalue weighted by atomic mass is 32.2. The largest absolute Gasteiger partial charge is 0.486 e. The Balaban J connectivity index is 1.58. The molecule has 5 nitrogen and oxygen atoms in total. The lowest BCUT2D eigenvalue weighted by Crippen LogP contribution is -2.26. The molecule has 1 aromatic rings. The Bertz CT molecular complexity index is 621. The molecule has 1 fully saturated rings. The standard InChI is InChI=1S/C17H25NO4S/c19-23(20,18-10-9-14-5-3-1-2-4-6-14)15-7-8-16-17(13-15)22-12-11-21-16/h7-8,13-14,18H,1-6,9-12H2. The van der Waals surface area contributed by atoms with Crippen molar-refractivity contribution in [1.29, 1.82) is 0 Å². The summed E-state index contributed by atoms with van der Waals surface area (Å²) in [7, 11) is -3.49. The average Bonchev–Trinajstić information content (AvgIpc) is 2.83. The van der Waals surface area contributed by atoms with Gasteiger partial charge in [0, 0.05) is 12.6 Å². The number of hydrogen-bond acceptors (Lipinski definition) is 4. The van der Waals surface area contributed by atoms with Crippen LogP contribution in [0.5, 0.6) is 11.5 Å². The summed E-state index contributed by atoms with van der Waals surface area (Å²) in [6.07, 6.45) is 8.57. The molecule has 0 unspecified atom stereocenters. The molecule has 0 atom stereocenters. The van der Waals surface area contributed by atoms with E-state index in [-0.39, 0.29) is 4.90 Å². The van der Waals surface area contributed by atoms with Crippen molar-refractivity contribution in [2.45, 2.75) is 49.8 Å². The van der Waals surface area contributed by atoms with Gasteiger partial charge in [-0.25, -0.2) is 13.1 Å². The van der Waals surface area contributed by atoms with Crippen molar-refractivity contribution in [2.24, 2.45) is 5.92 Å². The molecule has 3 rings (SSSR count). The van der Waals surface area contributed by atoms with Crippen LogP contribution >= 0.6 is 0 Å². The summed E-state index contributed by atoms with van der Waals surface area (Å²) >= 11 is 0. The smallest absolute Gasteiger partial charge is 0.240 e. The Morgan fingerprint density at radius 3 is 2.43 bits per heavy atom. The molecule has 1 saturated carbocycles. The summed E-state index contributed by atoms with van der Waals surface area (Å²) in [6, 6.07) is 4.78. The van der Waals surface area contributed by atoms with Crippen LogP contribution in [-0.2, 0) is 10.0 Å². The fraction of sp³-hybridized carbons (Fsp3) is 0.647. The molecule has 0 spiro atoms. The summed E-state index contributed by atoms with van der Waals surface area (Å²) in [6.45, 7) is 1.45. The fourth-order valence-electron chi connectivity index (χ4n) is 3.32. The highest BCUT2D eigenvalue weighted by molar-refractivity contribution is 7.89. The molecular weight excluding hydrogens is 314 g/mol. The molecule has 0 bridgehead atoms. The van der Waals surface area contributed by atoms with Gasteiger partial charge in [-0.05, 0) is 24.5 Å². The van der Waals surface area contributed by atoms with E-state index >= 15 is 0 Å². The van der Waals surface area contributed by atoms with Gasteiger partial charge in [0.1, 0.15) is 13.2 Å². The lowest BCUT2D eigenvalue weighted by molar-refractivity contribution is 0.171. The molecule has 1 aliphatic carbocycles. The second-order valence-corrected chi connectivity index (χ2v) is 8.12. The van der Waals surface area contributed by atoms with Crippen molar-refractivity contribution in [3.05, 3.63) is 18.2 Å². The number of hydrogen-bond donors (Lipinski definition) is 1. The van der Waals surface area contributed by atoms with E-state index in [1.54, 1.807) is 18.2 Å². The highest BCUT2D eigenvalue weighted by Gasteiger charge is 2.20. The summed E-state index contributed by atoms with van der Waals surface area (Å²) in [5.74, 6) is 1.76. The molecule has 1 heterocycles. The van der Waals surface area contributed by atoms with Gasteiger partial charge in [-0.15, -0.1) is 0 Å².